The van der Waals surface area contributed by atoms with E-state index in [9.17, 15) is 9.59 Å². The molecule has 1 atom stereocenters. The zero-order chi connectivity index (χ0) is 11.7. The van der Waals surface area contributed by atoms with Crippen LogP contribution in [0.4, 0.5) is 0 Å². The number of unbranched alkanes of at least 4 members (excludes halogenated alkanes) is 3. The van der Waals surface area contributed by atoms with Crippen molar-refractivity contribution in [1.82, 2.24) is 5.32 Å². The van der Waals surface area contributed by atoms with Crippen LogP contribution in [0.3, 0.4) is 0 Å². The van der Waals surface area contributed by atoms with Gasteiger partial charge in [-0.05, 0) is 6.42 Å². The minimum absolute atomic E-state index is 0.202. The number of amides is 1. The van der Waals surface area contributed by atoms with Crippen LogP contribution in [-0.2, 0) is 9.59 Å². The predicted octanol–water partition coefficient (Wildman–Crippen LogP) is 0.518. The molecule has 0 aliphatic heterocycles. The lowest BCUT2D eigenvalue weighted by molar-refractivity contribution is -0.146. The van der Waals surface area contributed by atoms with E-state index in [-0.39, 0.29) is 12.5 Å². The molecule has 0 saturated carbocycles. The lowest BCUT2D eigenvalue weighted by Crippen LogP contribution is -2.36. The Bertz CT molecular complexity index is 206. The summed E-state index contributed by atoms with van der Waals surface area (Å²) in [6.45, 7) is 1.87. The number of carbonyl (C=O) groups excluding carboxylic acids is 1. The van der Waals surface area contributed by atoms with Crippen molar-refractivity contribution in [1.29, 1.82) is 0 Å². The van der Waals surface area contributed by atoms with E-state index in [4.69, 9.17) is 10.2 Å². The summed E-state index contributed by atoms with van der Waals surface area (Å²) in [4.78, 5) is 21.3. The van der Waals surface area contributed by atoms with Crippen molar-refractivity contribution in [3.05, 3.63) is 0 Å². The minimum atomic E-state index is -1.51. The second kappa shape index (κ2) is 8.23. The lowest BCUT2D eigenvalue weighted by Gasteiger charge is -2.07. The Labute approximate surface area is 89.5 Å². The Morgan fingerprint density at radius 3 is 2.47 bits per heavy atom. The molecule has 5 heteroatoms. The second-order valence-electron chi connectivity index (χ2n) is 3.47. The van der Waals surface area contributed by atoms with Gasteiger partial charge in [0.1, 0.15) is 0 Å². The molecular weight excluding hydrogens is 198 g/mol. The SMILES string of the molecule is CCCCCCC(=O)NC[C@H](O)C(=O)O. The molecule has 1 amide bonds. The van der Waals surface area contributed by atoms with Crippen molar-refractivity contribution in [3.63, 3.8) is 0 Å². The van der Waals surface area contributed by atoms with Gasteiger partial charge in [0.15, 0.2) is 6.10 Å². The van der Waals surface area contributed by atoms with Crippen LogP contribution in [-0.4, -0.2) is 34.7 Å². The van der Waals surface area contributed by atoms with E-state index >= 15 is 0 Å². The highest BCUT2D eigenvalue weighted by Crippen LogP contribution is 2.01. The molecule has 0 bridgehead atoms. The van der Waals surface area contributed by atoms with Gasteiger partial charge in [0.25, 0.3) is 0 Å². The molecule has 88 valence electrons. The monoisotopic (exact) mass is 217 g/mol. The maximum Gasteiger partial charge on any atom is 0.334 e. The summed E-state index contributed by atoms with van der Waals surface area (Å²) in [6, 6.07) is 0. The van der Waals surface area contributed by atoms with Gasteiger partial charge in [-0.15, -0.1) is 0 Å². The Balaban J connectivity index is 3.45. The zero-order valence-corrected chi connectivity index (χ0v) is 9.03. The normalized spacial score (nSPS) is 12.1. The van der Waals surface area contributed by atoms with Gasteiger partial charge >= 0.3 is 5.97 Å². The van der Waals surface area contributed by atoms with E-state index in [1.54, 1.807) is 0 Å². The lowest BCUT2D eigenvalue weighted by atomic mass is 10.1. The van der Waals surface area contributed by atoms with Crippen molar-refractivity contribution in [2.45, 2.75) is 45.1 Å². The highest BCUT2D eigenvalue weighted by Gasteiger charge is 2.13. The minimum Gasteiger partial charge on any atom is -0.479 e. The summed E-state index contributed by atoms with van der Waals surface area (Å²) in [6.07, 6.45) is 2.91. The highest BCUT2D eigenvalue weighted by atomic mass is 16.4. The van der Waals surface area contributed by atoms with Crippen LogP contribution in [0.15, 0.2) is 0 Å². The van der Waals surface area contributed by atoms with Crippen molar-refractivity contribution in [2.24, 2.45) is 0 Å². The topological polar surface area (TPSA) is 86.6 Å². The second-order valence-corrected chi connectivity index (χ2v) is 3.47. The van der Waals surface area contributed by atoms with Crippen molar-refractivity contribution in [2.75, 3.05) is 6.54 Å². The summed E-state index contributed by atoms with van der Waals surface area (Å²) in [5.41, 5.74) is 0. The summed E-state index contributed by atoms with van der Waals surface area (Å²) in [5, 5.41) is 19.6. The Morgan fingerprint density at radius 1 is 1.27 bits per heavy atom. The molecule has 3 N–H and O–H groups in total. The largest absolute Gasteiger partial charge is 0.479 e. The Hall–Kier alpha value is -1.10. The maximum atomic E-state index is 11.1. The Morgan fingerprint density at radius 2 is 1.93 bits per heavy atom. The summed E-state index contributed by atoms with van der Waals surface area (Å²) < 4.78 is 0. The fourth-order valence-corrected chi connectivity index (χ4v) is 1.10. The van der Waals surface area contributed by atoms with Crippen LogP contribution >= 0.6 is 0 Å². The number of aliphatic hydroxyl groups excluding tert-OH is 1. The highest BCUT2D eigenvalue weighted by molar-refractivity contribution is 5.77. The van der Waals surface area contributed by atoms with Gasteiger partial charge < -0.3 is 15.5 Å². The first kappa shape index (κ1) is 13.9. The Kier molecular flexibility index (Phi) is 7.62. The number of carbonyl (C=O) groups is 2. The van der Waals surface area contributed by atoms with E-state index in [1.165, 1.54) is 0 Å². The first-order valence-corrected chi connectivity index (χ1v) is 5.25. The van der Waals surface area contributed by atoms with E-state index in [0.717, 1.165) is 25.7 Å². The molecule has 0 spiro atoms. The van der Waals surface area contributed by atoms with E-state index < -0.39 is 12.1 Å². The summed E-state index contributed by atoms with van der Waals surface area (Å²) in [5.74, 6) is -1.52. The van der Waals surface area contributed by atoms with Gasteiger partial charge in [0.2, 0.25) is 5.91 Å². The molecule has 0 aliphatic carbocycles. The molecule has 0 fully saturated rings. The fraction of sp³-hybridized carbons (Fsp3) is 0.800. The quantitative estimate of drug-likeness (QED) is 0.517. The molecule has 15 heavy (non-hydrogen) atoms. The number of carboxylic acid groups (broad SMARTS) is 1. The number of rotatable bonds is 8. The average Bonchev–Trinajstić information content (AvgIpc) is 2.20. The van der Waals surface area contributed by atoms with Crippen LogP contribution in [0.2, 0.25) is 0 Å². The van der Waals surface area contributed by atoms with E-state index in [0.29, 0.717) is 6.42 Å². The molecule has 5 nitrogen and oxygen atoms in total. The van der Waals surface area contributed by atoms with Crippen LogP contribution in [0, 0.1) is 0 Å². The molecule has 0 saturated heterocycles. The van der Waals surface area contributed by atoms with E-state index in [2.05, 4.69) is 12.2 Å². The number of hydrogen-bond acceptors (Lipinski definition) is 3. The molecule has 0 aromatic rings. The smallest absolute Gasteiger partial charge is 0.334 e. The van der Waals surface area contributed by atoms with Gasteiger partial charge in [-0.25, -0.2) is 4.79 Å². The van der Waals surface area contributed by atoms with Crippen LogP contribution < -0.4 is 5.32 Å². The summed E-state index contributed by atoms with van der Waals surface area (Å²) >= 11 is 0. The van der Waals surface area contributed by atoms with Gasteiger partial charge in [-0.1, -0.05) is 26.2 Å². The van der Waals surface area contributed by atoms with Gasteiger partial charge in [0.05, 0.1) is 6.54 Å². The average molecular weight is 217 g/mol. The molecule has 0 unspecified atom stereocenters. The number of aliphatic carboxylic acids is 1. The maximum absolute atomic E-state index is 11.1. The number of aliphatic hydroxyl groups is 1. The fourth-order valence-electron chi connectivity index (χ4n) is 1.10. The van der Waals surface area contributed by atoms with Crippen molar-refractivity contribution < 1.29 is 19.8 Å². The molecule has 0 heterocycles. The molecule has 0 rings (SSSR count). The number of carboxylic acids is 1. The van der Waals surface area contributed by atoms with Crippen molar-refractivity contribution in [3.8, 4) is 0 Å². The molecule has 0 radical (unpaired) electrons. The first-order chi connectivity index (χ1) is 7.07. The third-order valence-electron chi connectivity index (χ3n) is 2.04. The third kappa shape index (κ3) is 7.93. The number of hydrogen-bond donors (Lipinski definition) is 3. The zero-order valence-electron chi connectivity index (χ0n) is 9.03. The predicted molar refractivity (Wildman–Crippen MR) is 55.4 cm³/mol. The van der Waals surface area contributed by atoms with Gasteiger partial charge in [0, 0.05) is 6.42 Å². The molecular formula is C10H19NO4. The van der Waals surface area contributed by atoms with Crippen LogP contribution in [0.25, 0.3) is 0 Å². The van der Waals surface area contributed by atoms with Gasteiger partial charge in [-0.2, -0.15) is 0 Å². The van der Waals surface area contributed by atoms with Gasteiger partial charge in [-0.3, -0.25) is 4.79 Å². The van der Waals surface area contributed by atoms with Crippen LogP contribution in [0.5, 0.6) is 0 Å². The molecule has 0 aliphatic rings. The number of nitrogens with one attached hydrogen (secondary N) is 1. The molecule has 0 aromatic carbocycles. The van der Waals surface area contributed by atoms with E-state index in [1.807, 2.05) is 0 Å². The third-order valence-corrected chi connectivity index (χ3v) is 2.04. The summed E-state index contributed by atoms with van der Waals surface area (Å²) in [7, 11) is 0. The van der Waals surface area contributed by atoms with Crippen LogP contribution in [0.1, 0.15) is 39.0 Å². The standard InChI is InChI=1S/C10H19NO4/c1-2-3-4-5-6-9(13)11-7-8(12)10(14)15/h8,12H,2-7H2,1H3,(H,11,13)(H,14,15)/t8-/m0/s1. The molecule has 0 aromatic heterocycles. The first-order valence-electron chi connectivity index (χ1n) is 5.25. The van der Waals surface area contributed by atoms with Crippen molar-refractivity contribution >= 4 is 11.9 Å².